The molecule has 0 saturated heterocycles. The molecule has 0 aliphatic heterocycles. The molecule has 2 aliphatic rings. The maximum atomic E-state index is 3.59. The van der Waals surface area contributed by atoms with Crippen molar-refractivity contribution in [3.63, 3.8) is 0 Å². The third-order valence-electron chi connectivity index (χ3n) is 5.84. The van der Waals surface area contributed by atoms with Gasteiger partial charge in [-0.25, -0.2) is 0 Å². The topological polar surface area (TPSA) is 15.3 Å². The van der Waals surface area contributed by atoms with Crippen LogP contribution in [-0.4, -0.2) is 37.6 Å². The molecule has 0 aromatic rings. The zero-order chi connectivity index (χ0) is 14.0. The predicted molar refractivity (Wildman–Crippen MR) is 83.4 cm³/mol. The maximum absolute atomic E-state index is 3.59. The SMILES string of the molecule is CNC1C(CN(C)C2CCCC(C)C2)CCC1(C)C. The van der Waals surface area contributed by atoms with Crippen LogP contribution >= 0.6 is 0 Å². The fraction of sp³-hybridized carbons (Fsp3) is 1.00. The fourth-order valence-corrected chi connectivity index (χ4v) is 4.66. The molecule has 0 heterocycles. The molecule has 0 radical (unpaired) electrons. The Morgan fingerprint density at radius 2 is 1.95 bits per heavy atom. The van der Waals surface area contributed by atoms with Crippen LogP contribution in [0.4, 0.5) is 0 Å². The summed E-state index contributed by atoms with van der Waals surface area (Å²) < 4.78 is 0. The average Bonchev–Trinajstić information content (AvgIpc) is 2.64. The number of nitrogens with zero attached hydrogens (tertiary/aromatic N) is 1. The molecule has 4 unspecified atom stereocenters. The maximum Gasteiger partial charge on any atom is 0.0156 e. The van der Waals surface area contributed by atoms with E-state index < -0.39 is 0 Å². The van der Waals surface area contributed by atoms with E-state index in [1.165, 1.54) is 45.1 Å². The van der Waals surface area contributed by atoms with E-state index in [9.17, 15) is 0 Å². The first-order valence-corrected chi connectivity index (χ1v) is 8.31. The Labute approximate surface area is 120 Å². The van der Waals surface area contributed by atoms with Gasteiger partial charge >= 0.3 is 0 Å². The minimum Gasteiger partial charge on any atom is -0.316 e. The molecule has 2 heteroatoms. The molecule has 2 nitrogen and oxygen atoms in total. The van der Waals surface area contributed by atoms with Gasteiger partial charge in [0.05, 0.1) is 0 Å². The molecular formula is C17H34N2. The summed E-state index contributed by atoms with van der Waals surface area (Å²) in [5, 5.41) is 3.59. The largest absolute Gasteiger partial charge is 0.316 e. The summed E-state index contributed by atoms with van der Waals surface area (Å²) in [6.07, 6.45) is 8.48. The Hall–Kier alpha value is -0.0800. The van der Waals surface area contributed by atoms with Gasteiger partial charge in [-0.05, 0) is 57.0 Å². The second-order valence-electron chi connectivity index (χ2n) is 7.92. The van der Waals surface area contributed by atoms with Crippen LogP contribution in [0.1, 0.15) is 59.3 Å². The quantitative estimate of drug-likeness (QED) is 0.837. The van der Waals surface area contributed by atoms with Crippen molar-refractivity contribution in [3.05, 3.63) is 0 Å². The molecule has 0 aromatic heterocycles. The highest BCUT2D eigenvalue weighted by molar-refractivity contribution is 4.96. The Bertz CT molecular complexity index is 287. The van der Waals surface area contributed by atoms with Crippen molar-refractivity contribution in [1.29, 1.82) is 0 Å². The lowest BCUT2D eigenvalue weighted by Crippen LogP contribution is -2.46. The van der Waals surface area contributed by atoms with E-state index in [2.05, 4.69) is 45.1 Å². The van der Waals surface area contributed by atoms with Gasteiger partial charge in [-0.2, -0.15) is 0 Å². The summed E-state index contributed by atoms with van der Waals surface area (Å²) in [6.45, 7) is 8.56. The van der Waals surface area contributed by atoms with Crippen LogP contribution in [0.25, 0.3) is 0 Å². The van der Waals surface area contributed by atoms with Crippen LogP contribution in [0.15, 0.2) is 0 Å². The molecule has 2 rings (SSSR count). The van der Waals surface area contributed by atoms with Crippen LogP contribution in [0.3, 0.4) is 0 Å². The summed E-state index contributed by atoms with van der Waals surface area (Å²) in [5.41, 5.74) is 0.472. The van der Waals surface area contributed by atoms with E-state index in [1.807, 2.05) is 0 Å². The van der Waals surface area contributed by atoms with Gasteiger partial charge in [-0.1, -0.05) is 33.6 Å². The van der Waals surface area contributed by atoms with Gasteiger partial charge < -0.3 is 10.2 Å². The van der Waals surface area contributed by atoms with Gasteiger partial charge in [0.2, 0.25) is 0 Å². The van der Waals surface area contributed by atoms with Crippen molar-refractivity contribution in [2.45, 2.75) is 71.4 Å². The van der Waals surface area contributed by atoms with E-state index >= 15 is 0 Å². The minimum atomic E-state index is 0.472. The molecule has 2 saturated carbocycles. The zero-order valence-electron chi connectivity index (χ0n) is 13.7. The van der Waals surface area contributed by atoms with Gasteiger partial charge in [0.25, 0.3) is 0 Å². The summed E-state index contributed by atoms with van der Waals surface area (Å²) in [7, 11) is 4.51. The molecule has 0 spiro atoms. The highest BCUT2D eigenvalue weighted by atomic mass is 15.1. The van der Waals surface area contributed by atoms with Crippen molar-refractivity contribution in [2.75, 3.05) is 20.6 Å². The Morgan fingerprint density at radius 1 is 1.21 bits per heavy atom. The second-order valence-corrected chi connectivity index (χ2v) is 7.92. The van der Waals surface area contributed by atoms with Crippen molar-refractivity contribution in [1.82, 2.24) is 10.2 Å². The smallest absolute Gasteiger partial charge is 0.0156 e. The number of hydrogen-bond acceptors (Lipinski definition) is 2. The van der Waals surface area contributed by atoms with Gasteiger partial charge in [0.15, 0.2) is 0 Å². The number of hydrogen-bond donors (Lipinski definition) is 1. The van der Waals surface area contributed by atoms with E-state index in [4.69, 9.17) is 0 Å². The van der Waals surface area contributed by atoms with Crippen LogP contribution in [0.5, 0.6) is 0 Å². The summed E-state index contributed by atoms with van der Waals surface area (Å²) in [5.74, 6) is 1.77. The van der Waals surface area contributed by atoms with Crippen LogP contribution in [0.2, 0.25) is 0 Å². The lowest BCUT2D eigenvalue weighted by Gasteiger charge is -2.38. The van der Waals surface area contributed by atoms with E-state index in [1.54, 1.807) is 0 Å². The van der Waals surface area contributed by atoms with Crippen molar-refractivity contribution in [3.8, 4) is 0 Å². The molecule has 4 atom stereocenters. The first-order chi connectivity index (χ1) is 8.94. The third-order valence-corrected chi connectivity index (χ3v) is 5.84. The van der Waals surface area contributed by atoms with Gasteiger partial charge in [0.1, 0.15) is 0 Å². The first-order valence-electron chi connectivity index (χ1n) is 8.31. The van der Waals surface area contributed by atoms with Crippen LogP contribution in [0, 0.1) is 17.3 Å². The lowest BCUT2D eigenvalue weighted by atomic mass is 9.83. The van der Waals surface area contributed by atoms with Crippen molar-refractivity contribution >= 4 is 0 Å². The highest BCUT2D eigenvalue weighted by Crippen LogP contribution is 2.41. The second kappa shape index (κ2) is 6.13. The zero-order valence-corrected chi connectivity index (χ0v) is 13.7. The van der Waals surface area contributed by atoms with Gasteiger partial charge in [-0.3, -0.25) is 0 Å². The normalized spacial score (nSPS) is 38.8. The van der Waals surface area contributed by atoms with Gasteiger partial charge in [-0.15, -0.1) is 0 Å². The first kappa shape index (κ1) is 15.3. The number of rotatable bonds is 4. The molecule has 112 valence electrons. The molecule has 0 amide bonds. The summed E-state index contributed by atoms with van der Waals surface area (Å²) in [4.78, 5) is 2.67. The van der Waals surface area contributed by atoms with E-state index in [-0.39, 0.29) is 0 Å². The number of nitrogens with one attached hydrogen (secondary N) is 1. The highest BCUT2D eigenvalue weighted by Gasteiger charge is 2.41. The molecule has 19 heavy (non-hydrogen) atoms. The molecule has 2 aliphatic carbocycles. The van der Waals surface area contributed by atoms with E-state index in [0.29, 0.717) is 11.5 Å². The Kier molecular flexibility index (Phi) is 4.94. The monoisotopic (exact) mass is 266 g/mol. The van der Waals surface area contributed by atoms with E-state index in [0.717, 1.165) is 17.9 Å². The molecule has 1 N–H and O–H groups in total. The molecular weight excluding hydrogens is 232 g/mol. The lowest BCUT2D eigenvalue weighted by molar-refractivity contribution is 0.130. The standard InChI is InChI=1S/C17H34N2/c1-13-7-6-8-15(11-13)19(5)12-14-9-10-17(2,3)16(14)18-4/h13-16,18H,6-12H2,1-5H3. The fourth-order valence-electron chi connectivity index (χ4n) is 4.66. The van der Waals surface area contributed by atoms with Crippen LogP contribution in [-0.2, 0) is 0 Å². The Balaban J connectivity index is 1.90. The average molecular weight is 266 g/mol. The minimum absolute atomic E-state index is 0.472. The third kappa shape index (κ3) is 3.52. The summed E-state index contributed by atoms with van der Waals surface area (Å²) >= 11 is 0. The molecule has 0 bridgehead atoms. The predicted octanol–water partition coefficient (Wildman–Crippen LogP) is 3.52. The van der Waals surface area contributed by atoms with Crippen molar-refractivity contribution in [2.24, 2.45) is 17.3 Å². The molecule has 2 fully saturated rings. The molecule has 0 aromatic carbocycles. The van der Waals surface area contributed by atoms with Gasteiger partial charge in [0, 0.05) is 18.6 Å². The van der Waals surface area contributed by atoms with Crippen molar-refractivity contribution < 1.29 is 0 Å². The summed E-state index contributed by atoms with van der Waals surface area (Å²) in [6, 6.07) is 1.53. The van der Waals surface area contributed by atoms with Crippen LogP contribution < -0.4 is 5.32 Å². The Morgan fingerprint density at radius 3 is 2.58 bits per heavy atom.